The molecule has 2 aromatic heterocycles. The number of benzene rings is 8. The molecule has 0 unspecified atom stereocenters. The molecule has 0 radical (unpaired) electrons. The Morgan fingerprint density at radius 2 is 0.849 bits per heavy atom. The SMILES string of the molecule is c1ccc(-c2ccc(-c3nc(-c4cc(-c5ccccc5)cc(-c5ccc6c(c5)oc5ccccc56)c4)cc(-c4cccc5ccccc45)n3)cc2)cc1. The number of fused-ring (bicyclic) bond motifs is 4. The van der Waals surface area contributed by atoms with E-state index in [1.807, 2.05) is 18.2 Å². The van der Waals surface area contributed by atoms with Crippen LogP contribution in [0, 0.1) is 0 Å². The van der Waals surface area contributed by atoms with E-state index in [0.717, 1.165) is 83.2 Å². The zero-order valence-corrected chi connectivity index (χ0v) is 28.8. The zero-order valence-electron chi connectivity index (χ0n) is 28.8. The van der Waals surface area contributed by atoms with E-state index < -0.39 is 0 Å². The van der Waals surface area contributed by atoms with Gasteiger partial charge in [0.1, 0.15) is 11.2 Å². The summed E-state index contributed by atoms with van der Waals surface area (Å²) >= 11 is 0. The normalized spacial score (nSPS) is 11.4. The molecule has 10 rings (SSSR count). The van der Waals surface area contributed by atoms with E-state index in [4.69, 9.17) is 14.4 Å². The zero-order chi connectivity index (χ0) is 35.1. The van der Waals surface area contributed by atoms with Gasteiger partial charge >= 0.3 is 0 Å². The second kappa shape index (κ2) is 12.9. The Hall–Kier alpha value is -7.10. The molecule has 0 atom stereocenters. The van der Waals surface area contributed by atoms with Gasteiger partial charge in [-0.3, -0.25) is 0 Å². The highest BCUT2D eigenvalue weighted by molar-refractivity contribution is 6.06. The van der Waals surface area contributed by atoms with E-state index in [1.165, 1.54) is 10.9 Å². The van der Waals surface area contributed by atoms with Gasteiger partial charge < -0.3 is 4.42 Å². The first kappa shape index (κ1) is 30.7. The second-order valence-electron chi connectivity index (χ2n) is 13.4. The Morgan fingerprint density at radius 1 is 0.302 bits per heavy atom. The van der Waals surface area contributed by atoms with E-state index >= 15 is 0 Å². The molecule has 3 heteroatoms. The number of hydrogen-bond donors (Lipinski definition) is 0. The molecule has 10 aromatic rings. The molecule has 0 aliphatic carbocycles. The summed E-state index contributed by atoms with van der Waals surface area (Å²) in [7, 11) is 0. The van der Waals surface area contributed by atoms with Crippen molar-refractivity contribution in [3.05, 3.63) is 194 Å². The number of para-hydroxylation sites is 1. The standard InChI is InChI=1S/C50H32N2O/c1-3-12-33(13-4-1)35-22-24-37(25-23-35)50-51-46(32-47(52-50)43-20-11-17-36-16-7-8-18-42(36)43)41-29-39(34-14-5-2-6-15-34)28-40(30-41)38-26-27-45-44-19-9-10-21-48(44)53-49(45)31-38/h1-32H. The van der Waals surface area contributed by atoms with E-state index in [9.17, 15) is 0 Å². The van der Waals surface area contributed by atoms with Crippen LogP contribution in [0.3, 0.4) is 0 Å². The van der Waals surface area contributed by atoms with Gasteiger partial charge in [-0.1, -0.05) is 152 Å². The summed E-state index contributed by atoms with van der Waals surface area (Å²) in [5.74, 6) is 0.681. The minimum atomic E-state index is 0.681. The quantitative estimate of drug-likeness (QED) is 0.176. The lowest BCUT2D eigenvalue weighted by Gasteiger charge is -2.14. The van der Waals surface area contributed by atoms with Crippen LogP contribution in [0.5, 0.6) is 0 Å². The largest absolute Gasteiger partial charge is 0.456 e. The summed E-state index contributed by atoms with van der Waals surface area (Å²) in [5, 5.41) is 4.57. The lowest BCUT2D eigenvalue weighted by atomic mass is 9.94. The van der Waals surface area contributed by atoms with Gasteiger partial charge in [-0.15, -0.1) is 0 Å². The Labute approximate surface area is 307 Å². The predicted molar refractivity (Wildman–Crippen MR) is 219 cm³/mol. The van der Waals surface area contributed by atoms with Crippen LogP contribution in [0.25, 0.3) is 100.0 Å². The molecular weight excluding hydrogens is 645 g/mol. The summed E-state index contributed by atoms with van der Waals surface area (Å²) in [6, 6.07) is 68.1. The predicted octanol–water partition coefficient (Wildman–Crippen LogP) is 13.5. The third-order valence-electron chi connectivity index (χ3n) is 10.1. The van der Waals surface area contributed by atoms with Crippen LogP contribution in [0.15, 0.2) is 199 Å². The second-order valence-corrected chi connectivity index (χ2v) is 13.4. The fraction of sp³-hybridized carbons (Fsp3) is 0. The van der Waals surface area contributed by atoms with Crippen LogP contribution in [0.2, 0.25) is 0 Å². The van der Waals surface area contributed by atoms with Crippen LogP contribution in [-0.4, -0.2) is 9.97 Å². The van der Waals surface area contributed by atoms with Crippen molar-refractivity contribution in [3.8, 4) is 67.3 Å². The molecule has 0 bridgehead atoms. The minimum Gasteiger partial charge on any atom is -0.456 e. The first-order valence-electron chi connectivity index (χ1n) is 17.9. The third kappa shape index (κ3) is 5.75. The Morgan fingerprint density at radius 3 is 1.64 bits per heavy atom. The number of hydrogen-bond acceptors (Lipinski definition) is 3. The summed E-state index contributed by atoms with van der Waals surface area (Å²) in [5.41, 5.74) is 13.3. The molecule has 0 fully saturated rings. The molecule has 0 aliphatic rings. The molecule has 0 N–H and O–H groups in total. The third-order valence-corrected chi connectivity index (χ3v) is 10.1. The molecule has 0 saturated carbocycles. The van der Waals surface area contributed by atoms with E-state index in [2.05, 4.69) is 176 Å². The average molecular weight is 677 g/mol. The van der Waals surface area contributed by atoms with Gasteiger partial charge in [0, 0.05) is 27.5 Å². The summed E-state index contributed by atoms with van der Waals surface area (Å²) in [4.78, 5) is 10.5. The number of furan rings is 1. The van der Waals surface area contributed by atoms with Crippen molar-refractivity contribution in [1.29, 1.82) is 0 Å². The van der Waals surface area contributed by atoms with E-state index in [-0.39, 0.29) is 0 Å². The molecule has 248 valence electrons. The Balaban J connectivity index is 1.17. The maximum absolute atomic E-state index is 6.32. The highest BCUT2D eigenvalue weighted by atomic mass is 16.3. The molecule has 0 spiro atoms. The lowest BCUT2D eigenvalue weighted by Crippen LogP contribution is -1.97. The van der Waals surface area contributed by atoms with E-state index in [0.29, 0.717) is 5.82 Å². The lowest BCUT2D eigenvalue weighted by molar-refractivity contribution is 0.669. The van der Waals surface area contributed by atoms with Crippen molar-refractivity contribution >= 4 is 32.7 Å². The van der Waals surface area contributed by atoms with E-state index in [1.54, 1.807) is 0 Å². The smallest absolute Gasteiger partial charge is 0.160 e. The van der Waals surface area contributed by atoms with Gasteiger partial charge in [0.15, 0.2) is 5.82 Å². The highest BCUT2D eigenvalue weighted by Crippen LogP contribution is 2.38. The van der Waals surface area contributed by atoms with Gasteiger partial charge in [0.05, 0.1) is 11.4 Å². The van der Waals surface area contributed by atoms with Crippen molar-refractivity contribution in [1.82, 2.24) is 9.97 Å². The minimum absolute atomic E-state index is 0.681. The molecular formula is C50H32N2O. The summed E-state index contributed by atoms with van der Waals surface area (Å²) < 4.78 is 6.32. The van der Waals surface area contributed by atoms with Crippen LogP contribution >= 0.6 is 0 Å². The summed E-state index contributed by atoms with van der Waals surface area (Å²) in [6.45, 7) is 0. The van der Waals surface area contributed by atoms with Gasteiger partial charge in [0.2, 0.25) is 0 Å². The molecule has 0 amide bonds. The fourth-order valence-electron chi connectivity index (χ4n) is 7.40. The van der Waals surface area contributed by atoms with Gasteiger partial charge in [-0.05, 0) is 86.6 Å². The molecule has 0 aliphatic heterocycles. The molecule has 0 saturated heterocycles. The van der Waals surface area contributed by atoms with Crippen LogP contribution in [-0.2, 0) is 0 Å². The number of nitrogens with zero attached hydrogens (tertiary/aromatic N) is 2. The van der Waals surface area contributed by atoms with Crippen LogP contribution in [0.4, 0.5) is 0 Å². The van der Waals surface area contributed by atoms with Gasteiger partial charge in [-0.2, -0.15) is 0 Å². The molecule has 8 aromatic carbocycles. The Kier molecular flexibility index (Phi) is 7.47. The Bertz CT molecular complexity index is 2920. The van der Waals surface area contributed by atoms with Crippen LogP contribution in [0.1, 0.15) is 0 Å². The van der Waals surface area contributed by atoms with Crippen molar-refractivity contribution in [3.63, 3.8) is 0 Å². The van der Waals surface area contributed by atoms with Crippen molar-refractivity contribution in [2.24, 2.45) is 0 Å². The fourth-order valence-corrected chi connectivity index (χ4v) is 7.40. The molecule has 53 heavy (non-hydrogen) atoms. The van der Waals surface area contributed by atoms with Crippen molar-refractivity contribution in [2.75, 3.05) is 0 Å². The van der Waals surface area contributed by atoms with Crippen LogP contribution < -0.4 is 0 Å². The first-order chi connectivity index (χ1) is 26.2. The molecule has 3 nitrogen and oxygen atoms in total. The average Bonchev–Trinajstić information content (AvgIpc) is 3.62. The van der Waals surface area contributed by atoms with Crippen molar-refractivity contribution in [2.45, 2.75) is 0 Å². The first-order valence-corrected chi connectivity index (χ1v) is 17.9. The number of aromatic nitrogens is 2. The topological polar surface area (TPSA) is 38.9 Å². The molecule has 2 heterocycles. The van der Waals surface area contributed by atoms with Gasteiger partial charge in [0.25, 0.3) is 0 Å². The maximum Gasteiger partial charge on any atom is 0.160 e. The van der Waals surface area contributed by atoms with Crippen molar-refractivity contribution < 1.29 is 4.42 Å². The summed E-state index contributed by atoms with van der Waals surface area (Å²) in [6.07, 6.45) is 0. The van der Waals surface area contributed by atoms with Gasteiger partial charge in [-0.25, -0.2) is 9.97 Å². The maximum atomic E-state index is 6.32. The number of rotatable bonds is 6. The monoisotopic (exact) mass is 676 g/mol. The highest BCUT2D eigenvalue weighted by Gasteiger charge is 2.16.